The highest BCUT2D eigenvalue weighted by molar-refractivity contribution is 5.79. The lowest BCUT2D eigenvalue weighted by molar-refractivity contribution is -0.133. The van der Waals surface area contributed by atoms with Crippen LogP contribution in [0, 0.1) is 0 Å². The summed E-state index contributed by atoms with van der Waals surface area (Å²) in [5, 5.41) is 3.13. The number of ether oxygens (including phenoxy) is 1. The average Bonchev–Trinajstić information content (AvgIpc) is 3.03. The van der Waals surface area contributed by atoms with Gasteiger partial charge in [-0.05, 0) is 19.9 Å². The standard InChI is InChI=1S/C17H30N4O3/c1-19-8-10-20(11-9-19)15-13-24-12-14(15)18-16(22)5-7-21-6-3-2-4-17(21)23/h14-15H,2-13H2,1H3,(H,18,22)/t14-,15-/m0/s1. The molecule has 3 aliphatic heterocycles. The number of nitrogens with zero attached hydrogens (tertiary/aromatic N) is 3. The molecule has 3 fully saturated rings. The van der Waals surface area contributed by atoms with Crippen LogP contribution in [0.25, 0.3) is 0 Å². The summed E-state index contributed by atoms with van der Waals surface area (Å²) in [6.45, 7) is 6.80. The van der Waals surface area contributed by atoms with Gasteiger partial charge in [-0.3, -0.25) is 14.5 Å². The first-order valence-electron chi connectivity index (χ1n) is 9.21. The third kappa shape index (κ3) is 4.46. The van der Waals surface area contributed by atoms with E-state index >= 15 is 0 Å². The molecule has 0 unspecified atom stereocenters. The number of carbonyl (C=O) groups excluding carboxylic acids is 2. The highest BCUT2D eigenvalue weighted by Gasteiger charge is 2.35. The Balaban J connectivity index is 1.44. The smallest absolute Gasteiger partial charge is 0.222 e. The van der Waals surface area contributed by atoms with E-state index in [0.717, 1.165) is 45.6 Å². The van der Waals surface area contributed by atoms with Crippen LogP contribution in [0.5, 0.6) is 0 Å². The van der Waals surface area contributed by atoms with Crippen molar-refractivity contribution in [1.29, 1.82) is 0 Å². The van der Waals surface area contributed by atoms with E-state index < -0.39 is 0 Å². The summed E-state index contributed by atoms with van der Waals surface area (Å²) in [6.07, 6.45) is 3.05. The molecule has 0 aromatic carbocycles. The zero-order valence-corrected chi connectivity index (χ0v) is 14.7. The minimum atomic E-state index is 0.0306. The molecule has 136 valence electrons. The Kier molecular flexibility index (Phi) is 6.08. The number of piperazine rings is 1. The van der Waals surface area contributed by atoms with Crippen LogP contribution in [0.1, 0.15) is 25.7 Å². The van der Waals surface area contributed by atoms with Crippen molar-refractivity contribution in [3.05, 3.63) is 0 Å². The molecule has 24 heavy (non-hydrogen) atoms. The maximum absolute atomic E-state index is 12.3. The fourth-order valence-electron chi connectivity index (χ4n) is 3.81. The fraction of sp³-hybridized carbons (Fsp3) is 0.882. The molecule has 2 atom stereocenters. The molecule has 3 heterocycles. The second kappa shape index (κ2) is 8.27. The molecule has 3 aliphatic rings. The van der Waals surface area contributed by atoms with E-state index in [4.69, 9.17) is 4.74 Å². The molecule has 0 aromatic heterocycles. The number of likely N-dealkylation sites (tertiary alicyclic amines) is 1. The number of rotatable bonds is 5. The Morgan fingerprint density at radius 1 is 1.17 bits per heavy atom. The van der Waals surface area contributed by atoms with Gasteiger partial charge in [-0.1, -0.05) is 0 Å². The number of piperidine rings is 1. The highest BCUT2D eigenvalue weighted by atomic mass is 16.5. The minimum absolute atomic E-state index is 0.0306. The summed E-state index contributed by atoms with van der Waals surface area (Å²) >= 11 is 0. The Labute approximate surface area is 144 Å². The predicted octanol–water partition coefficient (Wildman–Crippen LogP) is -0.480. The van der Waals surface area contributed by atoms with Gasteiger partial charge < -0.3 is 19.9 Å². The summed E-state index contributed by atoms with van der Waals surface area (Å²) in [5.74, 6) is 0.219. The normalized spacial score (nSPS) is 29.9. The lowest BCUT2D eigenvalue weighted by Crippen LogP contribution is -2.56. The SMILES string of the molecule is CN1CCN([C@H]2COC[C@@H]2NC(=O)CCN2CCCCC2=O)CC1. The number of carbonyl (C=O) groups is 2. The molecule has 0 spiro atoms. The van der Waals surface area contributed by atoms with Crippen molar-refractivity contribution in [1.82, 2.24) is 20.0 Å². The van der Waals surface area contributed by atoms with Crippen molar-refractivity contribution in [3.63, 3.8) is 0 Å². The van der Waals surface area contributed by atoms with Crippen LogP contribution >= 0.6 is 0 Å². The van der Waals surface area contributed by atoms with E-state index in [2.05, 4.69) is 22.2 Å². The van der Waals surface area contributed by atoms with Crippen LogP contribution in [0.3, 0.4) is 0 Å². The van der Waals surface area contributed by atoms with E-state index in [9.17, 15) is 9.59 Å². The van der Waals surface area contributed by atoms with Crippen LogP contribution in [-0.4, -0.2) is 98.1 Å². The zero-order chi connectivity index (χ0) is 16.9. The highest BCUT2D eigenvalue weighted by Crippen LogP contribution is 2.16. The van der Waals surface area contributed by atoms with Gasteiger partial charge in [0.1, 0.15) is 0 Å². The second-order valence-corrected chi connectivity index (χ2v) is 7.21. The first kappa shape index (κ1) is 17.6. The molecule has 2 amide bonds. The molecule has 1 N–H and O–H groups in total. The molecule has 0 saturated carbocycles. The fourth-order valence-corrected chi connectivity index (χ4v) is 3.81. The maximum Gasteiger partial charge on any atom is 0.222 e. The van der Waals surface area contributed by atoms with E-state index in [1.165, 1.54) is 0 Å². The molecule has 0 aliphatic carbocycles. The van der Waals surface area contributed by atoms with Gasteiger partial charge in [0.15, 0.2) is 0 Å². The Morgan fingerprint density at radius 3 is 2.71 bits per heavy atom. The van der Waals surface area contributed by atoms with Crippen LogP contribution in [0.4, 0.5) is 0 Å². The first-order chi connectivity index (χ1) is 11.6. The van der Waals surface area contributed by atoms with Crippen molar-refractivity contribution in [2.45, 2.75) is 37.8 Å². The van der Waals surface area contributed by atoms with Crippen molar-refractivity contribution in [2.24, 2.45) is 0 Å². The first-order valence-corrected chi connectivity index (χ1v) is 9.21. The van der Waals surface area contributed by atoms with Crippen molar-refractivity contribution < 1.29 is 14.3 Å². The van der Waals surface area contributed by atoms with Gasteiger partial charge >= 0.3 is 0 Å². The van der Waals surface area contributed by atoms with Crippen molar-refractivity contribution in [2.75, 3.05) is 59.5 Å². The monoisotopic (exact) mass is 338 g/mol. The molecule has 7 nitrogen and oxygen atoms in total. The third-order valence-corrected chi connectivity index (χ3v) is 5.43. The molecule has 7 heteroatoms. The summed E-state index contributed by atoms with van der Waals surface area (Å²) in [4.78, 5) is 30.7. The van der Waals surface area contributed by atoms with Crippen LogP contribution in [0.15, 0.2) is 0 Å². The number of nitrogens with one attached hydrogen (secondary N) is 1. The molecular weight excluding hydrogens is 308 g/mol. The lowest BCUT2D eigenvalue weighted by Gasteiger charge is -2.38. The second-order valence-electron chi connectivity index (χ2n) is 7.21. The molecule has 0 aromatic rings. The van der Waals surface area contributed by atoms with Gasteiger partial charge in [0.05, 0.1) is 25.3 Å². The van der Waals surface area contributed by atoms with E-state index in [0.29, 0.717) is 32.6 Å². The number of hydrogen-bond acceptors (Lipinski definition) is 5. The number of hydrogen-bond donors (Lipinski definition) is 1. The Hall–Kier alpha value is -1.18. The van der Waals surface area contributed by atoms with Gasteiger partial charge in [0.2, 0.25) is 11.8 Å². The third-order valence-electron chi connectivity index (χ3n) is 5.43. The summed E-state index contributed by atoms with van der Waals surface area (Å²) in [7, 11) is 2.14. The van der Waals surface area contributed by atoms with E-state index in [-0.39, 0.29) is 23.9 Å². The molecule has 3 saturated heterocycles. The molecule has 0 radical (unpaired) electrons. The van der Waals surface area contributed by atoms with Crippen LogP contribution < -0.4 is 5.32 Å². The molecular formula is C17H30N4O3. The van der Waals surface area contributed by atoms with Crippen molar-refractivity contribution >= 4 is 11.8 Å². The molecule has 3 rings (SSSR count). The van der Waals surface area contributed by atoms with E-state index in [1.807, 2.05) is 4.90 Å². The number of likely N-dealkylation sites (N-methyl/N-ethyl adjacent to an activating group) is 1. The van der Waals surface area contributed by atoms with Gasteiger partial charge in [0.25, 0.3) is 0 Å². The van der Waals surface area contributed by atoms with Crippen LogP contribution in [0.2, 0.25) is 0 Å². The largest absolute Gasteiger partial charge is 0.378 e. The lowest BCUT2D eigenvalue weighted by atomic mass is 10.1. The van der Waals surface area contributed by atoms with Gasteiger partial charge in [-0.2, -0.15) is 0 Å². The Bertz CT molecular complexity index is 451. The van der Waals surface area contributed by atoms with E-state index in [1.54, 1.807) is 0 Å². The van der Waals surface area contributed by atoms with Gasteiger partial charge in [0, 0.05) is 52.1 Å². The van der Waals surface area contributed by atoms with Gasteiger partial charge in [-0.15, -0.1) is 0 Å². The topological polar surface area (TPSA) is 65.1 Å². The number of amides is 2. The van der Waals surface area contributed by atoms with Gasteiger partial charge in [-0.25, -0.2) is 0 Å². The summed E-state index contributed by atoms with van der Waals surface area (Å²) < 4.78 is 5.63. The average molecular weight is 338 g/mol. The quantitative estimate of drug-likeness (QED) is 0.734. The Morgan fingerprint density at radius 2 is 1.96 bits per heavy atom. The van der Waals surface area contributed by atoms with Crippen molar-refractivity contribution in [3.8, 4) is 0 Å². The minimum Gasteiger partial charge on any atom is -0.378 e. The molecule has 0 bridgehead atoms. The maximum atomic E-state index is 12.3. The summed E-state index contributed by atoms with van der Waals surface area (Å²) in [6, 6.07) is 0.345. The zero-order valence-electron chi connectivity index (χ0n) is 14.7. The van der Waals surface area contributed by atoms with Crippen LogP contribution in [-0.2, 0) is 14.3 Å². The predicted molar refractivity (Wildman–Crippen MR) is 90.7 cm³/mol. The summed E-state index contributed by atoms with van der Waals surface area (Å²) in [5.41, 5.74) is 0.